The van der Waals surface area contributed by atoms with Gasteiger partial charge in [-0.05, 0) is 67.2 Å². The Bertz CT molecular complexity index is 1380. The number of fused-ring (bicyclic) bond motifs is 1. The number of hydrogen-bond acceptors (Lipinski definition) is 5. The Kier molecular flexibility index (Phi) is 6.95. The van der Waals surface area contributed by atoms with E-state index in [0.717, 1.165) is 15.4 Å². The third kappa shape index (κ3) is 5.27. The summed E-state index contributed by atoms with van der Waals surface area (Å²) in [6, 6.07) is 19.6. The number of carbonyl (C=O) groups is 2. The minimum Gasteiger partial charge on any atom is -0.496 e. The van der Waals surface area contributed by atoms with E-state index in [2.05, 4.69) is 31.9 Å². The quantitative estimate of drug-likeness (QED) is 0.275. The van der Waals surface area contributed by atoms with Gasteiger partial charge in [-0.2, -0.15) is 0 Å². The molecule has 3 aromatic carbocycles. The van der Waals surface area contributed by atoms with Gasteiger partial charge in [-0.1, -0.05) is 40.2 Å². The maximum Gasteiger partial charge on any atom is 0.291 e. The van der Waals surface area contributed by atoms with Gasteiger partial charge in [0.15, 0.2) is 10.9 Å². The fourth-order valence-corrected chi connectivity index (χ4v) is 4.25. The fourth-order valence-electron chi connectivity index (χ4n) is 3.46. The first-order valence-electron chi connectivity index (χ1n) is 10.2. The second-order valence-corrected chi connectivity index (χ2v) is 8.72. The smallest absolute Gasteiger partial charge is 0.291 e. The van der Waals surface area contributed by atoms with Crippen molar-refractivity contribution in [2.45, 2.75) is 6.92 Å². The zero-order valence-electron chi connectivity index (χ0n) is 18.3. The Balaban J connectivity index is 1.42. The Hall–Kier alpha value is -3.69. The molecule has 0 radical (unpaired) electrons. The highest BCUT2D eigenvalue weighted by atomic mass is 79.9. The molecule has 1 heterocycles. The number of carbonyl (C=O) groups excluding carboxylic acids is 2. The van der Waals surface area contributed by atoms with Crippen LogP contribution in [0, 0.1) is 6.92 Å². The van der Waals surface area contributed by atoms with Crippen molar-refractivity contribution in [3.63, 3.8) is 0 Å². The first-order valence-corrected chi connectivity index (χ1v) is 11.4. The molecule has 4 rings (SSSR count). The summed E-state index contributed by atoms with van der Waals surface area (Å²) in [6.45, 7) is 1.85. The molecule has 0 aliphatic carbocycles. The summed E-state index contributed by atoms with van der Waals surface area (Å²) >= 11 is 8.70. The number of benzene rings is 3. The first-order chi connectivity index (χ1) is 16.3. The lowest BCUT2D eigenvalue weighted by molar-refractivity contribution is 0.0972. The van der Waals surface area contributed by atoms with Crippen LogP contribution < -0.4 is 20.7 Å². The molecular weight excluding hydrogens is 518 g/mol. The van der Waals surface area contributed by atoms with E-state index in [1.807, 2.05) is 31.2 Å². The van der Waals surface area contributed by atoms with E-state index < -0.39 is 5.91 Å². The molecule has 7 nitrogen and oxygen atoms in total. The molecule has 0 saturated carbocycles. The number of halogens is 1. The van der Waals surface area contributed by atoms with Crippen molar-refractivity contribution >= 4 is 67.4 Å². The summed E-state index contributed by atoms with van der Waals surface area (Å²) in [5, 5.41) is 9.36. The number of para-hydroxylation sites is 1. The van der Waals surface area contributed by atoms with Gasteiger partial charge in [-0.15, -0.1) is 0 Å². The van der Waals surface area contributed by atoms with Crippen molar-refractivity contribution in [2.24, 2.45) is 0 Å². The number of thiocarbonyl (C=S) groups is 1. The first kappa shape index (κ1) is 23.5. The number of anilines is 2. The van der Waals surface area contributed by atoms with E-state index in [-0.39, 0.29) is 16.8 Å². The van der Waals surface area contributed by atoms with Crippen LogP contribution in [0.1, 0.15) is 26.5 Å². The van der Waals surface area contributed by atoms with Crippen LogP contribution in [0.2, 0.25) is 0 Å². The normalized spacial score (nSPS) is 10.6. The summed E-state index contributed by atoms with van der Waals surface area (Å²) in [5.74, 6) is -0.103. The molecule has 4 aromatic rings. The minimum atomic E-state index is -0.409. The number of furan rings is 1. The molecule has 0 unspecified atom stereocenters. The predicted octanol–water partition coefficient (Wildman–Crippen LogP) is 5.89. The van der Waals surface area contributed by atoms with Gasteiger partial charge >= 0.3 is 0 Å². The summed E-state index contributed by atoms with van der Waals surface area (Å²) in [5.41, 5.74) is 2.93. The Morgan fingerprint density at radius 2 is 1.68 bits per heavy atom. The molecule has 0 fully saturated rings. The molecule has 2 amide bonds. The number of rotatable bonds is 5. The number of nitrogens with one attached hydrogen (secondary N) is 3. The van der Waals surface area contributed by atoms with Gasteiger partial charge < -0.3 is 19.8 Å². The lowest BCUT2D eigenvalue weighted by Gasteiger charge is -2.14. The van der Waals surface area contributed by atoms with Crippen LogP contribution in [0.25, 0.3) is 11.0 Å². The van der Waals surface area contributed by atoms with Gasteiger partial charge in [0.2, 0.25) is 0 Å². The molecule has 0 spiro atoms. The molecule has 0 atom stereocenters. The molecule has 1 aromatic heterocycles. The average Bonchev–Trinajstić information content (AvgIpc) is 3.23. The highest BCUT2D eigenvalue weighted by Gasteiger charge is 2.17. The predicted molar refractivity (Wildman–Crippen MR) is 140 cm³/mol. The monoisotopic (exact) mass is 537 g/mol. The maximum atomic E-state index is 12.8. The molecular formula is C25H20BrN3O4S. The molecule has 0 bridgehead atoms. The number of ether oxygens (including phenoxy) is 1. The maximum absolute atomic E-state index is 12.8. The van der Waals surface area contributed by atoms with Gasteiger partial charge in [0.25, 0.3) is 11.8 Å². The van der Waals surface area contributed by atoms with Crippen LogP contribution in [0.3, 0.4) is 0 Å². The van der Waals surface area contributed by atoms with Gasteiger partial charge in [-0.25, -0.2) is 0 Å². The third-order valence-electron chi connectivity index (χ3n) is 4.94. The summed E-state index contributed by atoms with van der Waals surface area (Å²) < 4.78 is 11.7. The van der Waals surface area contributed by atoms with E-state index in [9.17, 15) is 9.59 Å². The number of methoxy groups -OCH3 is 1. The highest BCUT2D eigenvalue weighted by molar-refractivity contribution is 9.10. The Labute approximate surface area is 209 Å². The zero-order valence-corrected chi connectivity index (χ0v) is 20.7. The van der Waals surface area contributed by atoms with Crippen LogP contribution in [0.5, 0.6) is 5.75 Å². The van der Waals surface area contributed by atoms with E-state index in [1.54, 1.807) is 42.5 Å². The molecule has 0 aliphatic heterocycles. The Morgan fingerprint density at radius 3 is 2.41 bits per heavy atom. The molecule has 0 aliphatic rings. The van der Waals surface area contributed by atoms with E-state index in [0.29, 0.717) is 28.3 Å². The van der Waals surface area contributed by atoms with Crippen LogP contribution in [-0.2, 0) is 0 Å². The topological polar surface area (TPSA) is 92.6 Å². The van der Waals surface area contributed by atoms with Crippen LogP contribution >= 0.6 is 28.1 Å². The van der Waals surface area contributed by atoms with Gasteiger partial charge in [0.05, 0.1) is 12.7 Å². The molecule has 172 valence electrons. The van der Waals surface area contributed by atoms with Crippen molar-refractivity contribution in [1.29, 1.82) is 0 Å². The second-order valence-electron chi connectivity index (χ2n) is 7.40. The van der Waals surface area contributed by atoms with Crippen LogP contribution in [-0.4, -0.2) is 24.0 Å². The summed E-state index contributed by atoms with van der Waals surface area (Å²) in [7, 11) is 1.51. The number of aryl methyl sites for hydroxylation is 1. The molecule has 34 heavy (non-hydrogen) atoms. The number of amides is 2. The average molecular weight is 538 g/mol. The minimum absolute atomic E-state index is 0.102. The lowest BCUT2D eigenvalue weighted by Crippen LogP contribution is -2.34. The van der Waals surface area contributed by atoms with Crippen molar-refractivity contribution < 1.29 is 18.7 Å². The van der Waals surface area contributed by atoms with Gasteiger partial charge in [0, 0.05) is 21.2 Å². The Morgan fingerprint density at radius 1 is 0.941 bits per heavy atom. The van der Waals surface area contributed by atoms with Crippen molar-refractivity contribution in [2.75, 3.05) is 17.7 Å². The zero-order chi connectivity index (χ0) is 24.2. The van der Waals surface area contributed by atoms with Crippen LogP contribution in [0.4, 0.5) is 11.4 Å². The van der Waals surface area contributed by atoms with Crippen LogP contribution in [0.15, 0.2) is 75.6 Å². The molecule has 0 saturated heterocycles. The van der Waals surface area contributed by atoms with Crippen molar-refractivity contribution in [3.8, 4) is 5.75 Å². The van der Waals surface area contributed by atoms with Gasteiger partial charge in [-0.3, -0.25) is 14.9 Å². The molecule has 9 heteroatoms. The SMILES string of the molecule is COc1c(C)cc(Br)cc1C(=O)NC(=S)Nc1cccc(NC(=O)c2cc3ccccc3o2)c1. The highest BCUT2D eigenvalue weighted by Crippen LogP contribution is 2.28. The lowest BCUT2D eigenvalue weighted by atomic mass is 10.1. The second kappa shape index (κ2) is 10.1. The van der Waals surface area contributed by atoms with Crippen molar-refractivity contribution in [1.82, 2.24) is 5.32 Å². The van der Waals surface area contributed by atoms with E-state index in [1.165, 1.54) is 7.11 Å². The summed E-state index contributed by atoms with van der Waals surface area (Å²) in [6.07, 6.45) is 0. The standard InChI is InChI=1S/C25H20BrN3O4S/c1-14-10-16(26)12-19(22(14)32-2)23(30)29-25(34)28-18-8-5-7-17(13-18)27-24(31)21-11-15-6-3-4-9-20(15)33-21/h3-13H,1-2H3,(H,27,31)(H2,28,29,30,34). The van der Waals surface area contributed by atoms with Gasteiger partial charge in [0.1, 0.15) is 11.3 Å². The number of hydrogen-bond donors (Lipinski definition) is 3. The molecule has 3 N–H and O–H groups in total. The fraction of sp³-hybridized carbons (Fsp3) is 0.0800. The van der Waals surface area contributed by atoms with E-state index in [4.69, 9.17) is 21.4 Å². The summed E-state index contributed by atoms with van der Waals surface area (Å²) in [4.78, 5) is 25.4. The van der Waals surface area contributed by atoms with E-state index >= 15 is 0 Å². The third-order valence-corrected chi connectivity index (χ3v) is 5.60. The van der Waals surface area contributed by atoms with Crippen molar-refractivity contribution in [3.05, 3.63) is 88.1 Å². The largest absolute Gasteiger partial charge is 0.496 e.